The van der Waals surface area contributed by atoms with E-state index in [1.807, 2.05) is 12.1 Å². The van der Waals surface area contributed by atoms with Crippen molar-refractivity contribution >= 4 is 0 Å². The van der Waals surface area contributed by atoms with Crippen LogP contribution in [-0.4, -0.2) is 62.2 Å². The van der Waals surface area contributed by atoms with Gasteiger partial charge < -0.3 is 19.3 Å². The van der Waals surface area contributed by atoms with Crippen LogP contribution in [0.15, 0.2) is 18.2 Å². The zero-order valence-electron chi connectivity index (χ0n) is 15.4. The number of hydrogen-bond donors (Lipinski definition) is 1. The molecule has 1 aliphatic heterocycles. The van der Waals surface area contributed by atoms with E-state index in [2.05, 4.69) is 11.0 Å². The maximum Gasteiger partial charge on any atom is 0.160 e. The lowest BCUT2D eigenvalue weighted by molar-refractivity contribution is -0.0316. The van der Waals surface area contributed by atoms with Gasteiger partial charge in [0.15, 0.2) is 11.5 Å². The van der Waals surface area contributed by atoms with Gasteiger partial charge in [-0.05, 0) is 43.4 Å². The lowest BCUT2D eigenvalue weighted by Gasteiger charge is -2.37. The number of rotatable bonds is 7. The minimum absolute atomic E-state index is 0.158. The van der Waals surface area contributed by atoms with Gasteiger partial charge in [-0.2, -0.15) is 0 Å². The normalized spacial score (nSPS) is 27.4. The van der Waals surface area contributed by atoms with Gasteiger partial charge in [0.25, 0.3) is 0 Å². The molecular weight excluding hydrogens is 318 g/mol. The van der Waals surface area contributed by atoms with Crippen LogP contribution < -0.4 is 9.47 Å². The van der Waals surface area contributed by atoms with Crippen LogP contribution in [0, 0.1) is 0 Å². The Morgan fingerprint density at radius 1 is 1.08 bits per heavy atom. The Balaban J connectivity index is 1.53. The first-order chi connectivity index (χ1) is 12.2. The standard InChI is InChI=1S/C20H31NO4/c1-23-19-8-7-15(13-20(19)24-2)10-12-25-18-6-4-3-5-17(18)21-11-9-16(22)14-21/h7-8,13,16-18,22H,3-6,9-12,14H2,1-2H3/t16?,17-,18+/m1/s1. The van der Waals surface area contributed by atoms with Crippen LogP contribution in [0.25, 0.3) is 0 Å². The van der Waals surface area contributed by atoms with E-state index in [0.717, 1.165) is 43.9 Å². The van der Waals surface area contributed by atoms with Gasteiger partial charge in [-0.3, -0.25) is 4.90 Å². The second kappa shape index (κ2) is 8.88. The molecule has 3 atom stereocenters. The Bertz CT molecular complexity index is 550. The van der Waals surface area contributed by atoms with E-state index in [4.69, 9.17) is 14.2 Å². The summed E-state index contributed by atoms with van der Waals surface area (Å²) in [6, 6.07) is 6.51. The molecule has 5 heteroatoms. The van der Waals surface area contributed by atoms with Gasteiger partial charge in [-0.1, -0.05) is 18.9 Å². The maximum atomic E-state index is 9.83. The minimum Gasteiger partial charge on any atom is -0.493 e. The number of nitrogens with zero attached hydrogens (tertiary/aromatic N) is 1. The number of ether oxygens (including phenoxy) is 3. The molecule has 1 aromatic rings. The Morgan fingerprint density at radius 2 is 1.88 bits per heavy atom. The molecule has 0 amide bonds. The van der Waals surface area contributed by atoms with E-state index >= 15 is 0 Å². The van der Waals surface area contributed by atoms with Crippen LogP contribution in [0.5, 0.6) is 11.5 Å². The van der Waals surface area contributed by atoms with Crippen molar-refractivity contribution in [2.24, 2.45) is 0 Å². The first-order valence-electron chi connectivity index (χ1n) is 9.46. The maximum absolute atomic E-state index is 9.83. The van der Waals surface area contributed by atoms with Gasteiger partial charge in [-0.25, -0.2) is 0 Å². The van der Waals surface area contributed by atoms with E-state index in [1.165, 1.54) is 24.8 Å². The number of aliphatic hydroxyl groups excluding tert-OH is 1. The second-order valence-electron chi connectivity index (χ2n) is 7.14. The molecule has 1 saturated heterocycles. The lowest BCUT2D eigenvalue weighted by Crippen LogP contribution is -2.46. The first kappa shape index (κ1) is 18.5. The molecule has 140 valence electrons. The SMILES string of the molecule is COc1ccc(CCO[C@H]2CCCC[C@H]2N2CCC(O)C2)cc1OC. The summed E-state index contributed by atoms with van der Waals surface area (Å²) >= 11 is 0. The van der Waals surface area contributed by atoms with Crippen molar-refractivity contribution in [1.29, 1.82) is 0 Å². The third-order valence-corrected chi connectivity index (χ3v) is 5.50. The van der Waals surface area contributed by atoms with Crippen molar-refractivity contribution in [2.75, 3.05) is 33.9 Å². The molecule has 1 unspecified atom stereocenters. The largest absolute Gasteiger partial charge is 0.493 e. The van der Waals surface area contributed by atoms with E-state index in [1.54, 1.807) is 14.2 Å². The van der Waals surface area contributed by atoms with Crippen LogP contribution in [0.4, 0.5) is 0 Å². The lowest BCUT2D eigenvalue weighted by atomic mass is 9.91. The van der Waals surface area contributed by atoms with Gasteiger partial charge in [0, 0.05) is 19.1 Å². The van der Waals surface area contributed by atoms with Crippen molar-refractivity contribution in [3.63, 3.8) is 0 Å². The Kier molecular flexibility index (Phi) is 6.57. The summed E-state index contributed by atoms with van der Waals surface area (Å²) in [6.45, 7) is 2.52. The molecule has 25 heavy (non-hydrogen) atoms. The number of benzene rings is 1. The van der Waals surface area contributed by atoms with Crippen molar-refractivity contribution in [2.45, 2.75) is 56.8 Å². The predicted molar refractivity (Wildman–Crippen MR) is 97.4 cm³/mol. The van der Waals surface area contributed by atoms with Crippen LogP contribution >= 0.6 is 0 Å². The van der Waals surface area contributed by atoms with E-state index < -0.39 is 0 Å². The quantitative estimate of drug-likeness (QED) is 0.820. The number of hydrogen-bond acceptors (Lipinski definition) is 5. The molecule has 5 nitrogen and oxygen atoms in total. The van der Waals surface area contributed by atoms with E-state index in [-0.39, 0.29) is 6.10 Å². The average molecular weight is 349 g/mol. The molecule has 2 fully saturated rings. The highest BCUT2D eigenvalue weighted by Gasteiger charge is 2.34. The predicted octanol–water partition coefficient (Wildman–Crippen LogP) is 2.64. The summed E-state index contributed by atoms with van der Waals surface area (Å²) in [6.07, 6.45) is 6.73. The zero-order valence-corrected chi connectivity index (χ0v) is 15.4. The summed E-state index contributed by atoms with van der Waals surface area (Å²) in [5.41, 5.74) is 1.20. The van der Waals surface area contributed by atoms with Crippen molar-refractivity contribution < 1.29 is 19.3 Å². The molecule has 1 aliphatic carbocycles. The summed E-state index contributed by atoms with van der Waals surface area (Å²) in [7, 11) is 3.31. The van der Waals surface area contributed by atoms with Gasteiger partial charge in [0.2, 0.25) is 0 Å². The van der Waals surface area contributed by atoms with Gasteiger partial charge in [0.1, 0.15) is 0 Å². The van der Waals surface area contributed by atoms with Crippen molar-refractivity contribution in [3.05, 3.63) is 23.8 Å². The molecular formula is C20H31NO4. The molecule has 1 heterocycles. The molecule has 3 rings (SSSR count). The van der Waals surface area contributed by atoms with E-state index in [0.29, 0.717) is 18.8 Å². The third-order valence-electron chi connectivity index (χ3n) is 5.50. The summed E-state index contributed by atoms with van der Waals surface area (Å²) in [5, 5.41) is 9.83. The Labute approximate surface area is 150 Å². The van der Waals surface area contributed by atoms with E-state index in [9.17, 15) is 5.11 Å². The number of likely N-dealkylation sites (tertiary alicyclic amines) is 1. The van der Waals surface area contributed by atoms with Crippen LogP contribution in [0.3, 0.4) is 0 Å². The van der Waals surface area contributed by atoms with Gasteiger partial charge in [-0.15, -0.1) is 0 Å². The van der Waals surface area contributed by atoms with Crippen LogP contribution in [0.1, 0.15) is 37.7 Å². The highest BCUT2D eigenvalue weighted by Crippen LogP contribution is 2.30. The Hall–Kier alpha value is -1.30. The molecule has 2 aliphatic rings. The molecule has 0 aromatic heterocycles. The highest BCUT2D eigenvalue weighted by molar-refractivity contribution is 5.42. The monoisotopic (exact) mass is 349 g/mol. The first-order valence-corrected chi connectivity index (χ1v) is 9.46. The number of β-amino-alcohol motifs (C(OH)–C–C–N with tert-alkyl or cyclic N) is 1. The minimum atomic E-state index is -0.158. The number of methoxy groups -OCH3 is 2. The summed E-state index contributed by atoms with van der Waals surface area (Å²) in [5.74, 6) is 1.52. The summed E-state index contributed by atoms with van der Waals surface area (Å²) in [4.78, 5) is 2.44. The topological polar surface area (TPSA) is 51.2 Å². The van der Waals surface area contributed by atoms with Crippen LogP contribution in [-0.2, 0) is 11.2 Å². The molecule has 0 spiro atoms. The van der Waals surface area contributed by atoms with Crippen molar-refractivity contribution in [3.8, 4) is 11.5 Å². The summed E-state index contributed by atoms with van der Waals surface area (Å²) < 4.78 is 16.9. The fourth-order valence-electron chi connectivity index (χ4n) is 4.12. The smallest absolute Gasteiger partial charge is 0.160 e. The molecule has 1 aromatic carbocycles. The second-order valence-corrected chi connectivity index (χ2v) is 7.14. The van der Waals surface area contributed by atoms with Gasteiger partial charge in [0.05, 0.1) is 33.0 Å². The zero-order chi connectivity index (χ0) is 17.6. The number of aliphatic hydroxyl groups is 1. The fourth-order valence-corrected chi connectivity index (χ4v) is 4.12. The molecule has 1 N–H and O–H groups in total. The molecule has 1 saturated carbocycles. The molecule has 0 radical (unpaired) electrons. The average Bonchev–Trinajstić information content (AvgIpc) is 3.08. The van der Waals surface area contributed by atoms with Crippen molar-refractivity contribution in [1.82, 2.24) is 4.90 Å². The fraction of sp³-hybridized carbons (Fsp3) is 0.700. The Morgan fingerprint density at radius 3 is 2.60 bits per heavy atom. The molecule has 0 bridgehead atoms. The third kappa shape index (κ3) is 4.66. The van der Waals surface area contributed by atoms with Gasteiger partial charge >= 0.3 is 0 Å². The highest BCUT2D eigenvalue weighted by atomic mass is 16.5. The van der Waals surface area contributed by atoms with Crippen LogP contribution in [0.2, 0.25) is 0 Å².